The monoisotopic (exact) mass is 456 g/mol. The van der Waals surface area contributed by atoms with Gasteiger partial charge in [0.05, 0.1) is 12.6 Å². The summed E-state index contributed by atoms with van der Waals surface area (Å²) >= 11 is 0. The molecule has 2 fully saturated rings. The van der Waals surface area contributed by atoms with Gasteiger partial charge in [-0.25, -0.2) is 0 Å². The van der Waals surface area contributed by atoms with E-state index in [0.29, 0.717) is 17.9 Å². The molecule has 0 spiro atoms. The van der Waals surface area contributed by atoms with Crippen LogP contribution in [0.25, 0.3) is 0 Å². The van der Waals surface area contributed by atoms with Crippen LogP contribution < -0.4 is 0 Å². The van der Waals surface area contributed by atoms with Gasteiger partial charge in [-0.15, -0.1) is 0 Å². The Labute approximate surface area is 188 Å². The van der Waals surface area contributed by atoms with E-state index in [0.717, 1.165) is 39.2 Å². The molecule has 5 nitrogen and oxygen atoms in total. The van der Waals surface area contributed by atoms with E-state index in [1.54, 1.807) is 0 Å². The highest BCUT2D eigenvalue weighted by Crippen LogP contribution is 2.33. The first-order valence-electron chi connectivity index (χ1n) is 12.2. The molecular formula is C23H48N2O3Si2. The second-order valence-corrected chi connectivity index (χ2v) is 20.1. The lowest BCUT2D eigenvalue weighted by Gasteiger charge is -2.34. The van der Waals surface area contributed by atoms with Gasteiger partial charge >= 0.3 is 0 Å². The number of hydrazone groups is 1. The number of ether oxygens (including phenoxy) is 1. The second kappa shape index (κ2) is 12.1. The Balaban J connectivity index is 2.06. The highest BCUT2D eigenvalue weighted by Gasteiger charge is 2.32. The maximum Gasteiger partial charge on any atom is 0.183 e. The van der Waals surface area contributed by atoms with Gasteiger partial charge in [-0.2, -0.15) is 5.10 Å². The second-order valence-electron chi connectivity index (χ2n) is 11.1. The molecule has 0 unspecified atom stereocenters. The minimum atomic E-state index is -1.46. The SMILES string of the molecule is COC[C@@H]1CCCN1N=C1[C@H](CCCO[Si](C)(C)C)CCC[C@H]1CCO[Si](C)(C)C. The molecule has 1 aliphatic carbocycles. The van der Waals surface area contributed by atoms with Gasteiger partial charge in [0.25, 0.3) is 0 Å². The van der Waals surface area contributed by atoms with Crippen LogP contribution in [-0.4, -0.2) is 66.9 Å². The minimum absolute atomic E-state index is 0.444. The van der Waals surface area contributed by atoms with Gasteiger partial charge in [-0.1, -0.05) is 6.42 Å². The predicted octanol–water partition coefficient (Wildman–Crippen LogP) is 5.74. The summed E-state index contributed by atoms with van der Waals surface area (Å²) in [6, 6.07) is 0.444. The highest BCUT2D eigenvalue weighted by atomic mass is 28.4. The molecule has 1 saturated carbocycles. The van der Waals surface area contributed by atoms with Gasteiger partial charge < -0.3 is 13.6 Å². The van der Waals surface area contributed by atoms with E-state index in [2.05, 4.69) is 44.3 Å². The third-order valence-corrected chi connectivity index (χ3v) is 8.26. The van der Waals surface area contributed by atoms with E-state index in [-0.39, 0.29) is 0 Å². The Morgan fingerprint density at radius 1 is 0.867 bits per heavy atom. The van der Waals surface area contributed by atoms with Crippen molar-refractivity contribution < 1.29 is 13.6 Å². The Morgan fingerprint density at radius 2 is 1.50 bits per heavy atom. The molecule has 0 amide bonds. The molecule has 1 aliphatic heterocycles. The Bertz CT molecular complexity index is 532. The van der Waals surface area contributed by atoms with E-state index >= 15 is 0 Å². The zero-order chi connectivity index (χ0) is 22.2. The molecule has 2 aliphatic rings. The summed E-state index contributed by atoms with van der Waals surface area (Å²) in [4.78, 5) is 0. The lowest BCUT2D eigenvalue weighted by Crippen LogP contribution is -2.36. The summed E-state index contributed by atoms with van der Waals surface area (Å²) in [7, 11) is -1.08. The Hall–Kier alpha value is -0.216. The van der Waals surface area contributed by atoms with Crippen LogP contribution in [0.5, 0.6) is 0 Å². The third-order valence-electron chi connectivity index (χ3n) is 6.12. The van der Waals surface area contributed by atoms with Gasteiger partial charge in [0, 0.05) is 38.5 Å². The zero-order valence-corrected chi connectivity index (χ0v) is 22.8. The lowest BCUT2D eigenvalue weighted by molar-refractivity contribution is 0.116. The van der Waals surface area contributed by atoms with Crippen molar-refractivity contribution in [1.82, 2.24) is 5.01 Å². The average molecular weight is 457 g/mol. The fourth-order valence-corrected chi connectivity index (χ4v) is 6.15. The quantitative estimate of drug-likeness (QED) is 0.277. The molecular weight excluding hydrogens is 408 g/mol. The normalized spacial score (nSPS) is 27.2. The van der Waals surface area contributed by atoms with Crippen LogP contribution in [0.15, 0.2) is 5.10 Å². The van der Waals surface area contributed by atoms with Crippen molar-refractivity contribution in [1.29, 1.82) is 0 Å². The van der Waals surface area contributed by atoms with Crippen LogP contribution in [-0.2, 0) is 13.6 Å². The van der Waals surface area contributed by atoms with Crippen molar-refractivity contribution in [2.45, 2.75) is 96.7 Å². The molecule has 30 heavy (non-hydrogen) atoms. The number of methoxy groups -OCH3 is 1. The van der Waals surface area contributed by atoms with E-state index in [1.165, 1.54) is 44.2 Å². The maximum absolute atomic E-state index is 6.22. The van der Waals surface area contributed by atoms with E-state index < -0.39 is 16.6 Å². The van der Waals surface area contributed by atoms with Gasteiger partial charge in [0.2, 0.25) is 0 Å². The molecule has 2 rings (SSSR count). The van der Waals surface area contributed by atoms with Crippen LogP contribution in [0, 0.1) is 11.8 Å². The lowest BCUT2D eigenvalue weighted by atomic mass is 9.76. The van der Waals surface area contributed by atoms with Crippen molar-refractivity contribution in [2.75, 3.05) is 33.5 Å². The van der Waals surface area contributed by atoms with Crippen molar-refractivity contribution in [2.24, 2.45) is 16.9 Å². The van der Waals surface area contributed by atoms with Crippen LogP contribution in [0.4, 0.5) is 0 Å². The van der Waals surface area contributed by atoms with Crippen molar-refractivity contribution >= 4 is 22.3 Å². The van der Waals surface area contributed by atoms with Crippen LogP contribution >= 0.6 is 0 Å². The van der Waals surface area contributed by atoms with Gasteiger partial charge in [-0.05, 0) is 90.1 Å². The zero-order valence-electron chi connectivity index (χ0n) is 20.8. The molecule has 3 atom stereocenters. The summed E-state index contributed by atoms with van der Waals surface area (Å²) in [6.07, 6.45) is 9.75. The summed E-state index contributed by atoms with van der Waals surface area (Å²) in [5, 5.41) is 7.68. The molecule has 0 radical (unpaired) electrons. The molecule has 0 aromatic heterocycles. The first-order chi connectivity index (χ1) is 14.1. The summed E-state index contributed by atoms with van der Waals surface area (Å²) in [5.41, 5.74) is 1.46. The van der Waals surface area contributed by atoms with E-state index in [4.69, 9.17) is 18.7 Å². The maximum atomic E-state index is 6.22. The third kappa shape index (κ3) is 9.51. The van der Waals surface area contributed by atoms with Gasteiger partial charge in [0.15, 0.2) is 16.6 Å². The van der Waals surface area contributed by atoms with E-state index in [1.807, 2.05) is 7.11 Å². The molecule has 176 valence electrons. The number of rotatable bonds is 12. The number of hydrogen-bond acceptors (Lipinski definition) is 5. The standard InChI is InChI=1S/C23H48N2O3Si2/c1-26-19-22-14-9-16-25(22)24-23-20(13-10-17-27-29(2,3)4)11-8-12-21(23)15-18-28-30(5,6)7/h20-22H,8-19H2,1-7H3/t20-,21-,22-/m0/s1. The van der Waals surface area contributed by atoms with Crippen LogP contribution in [0.3, 0.4) is 0 Å². The molecule has 0 N–H and O–H groups in total. The van der Waals surface area contributed by atoms with Gasteiger partial charge in [-0.3, -0.25) is 5.01 Å². The Morgan fingerprint density at radius 3 is 2.13 bits per heavy atom. The summed E-state index contributed by atoms with van der Waals surface area (Å²) in [6.45, 7) is 17.3. The van der Waals surface area contributed by atoms with Gasteiger partial charge in [0.1, 0.15) is 0 Å². The summed E-state index contributed by atoms with van der Waals surface area (Å²) < 4.78 is 17.8. The van der Waals surface area contributed by atoms with Crippen molar-refractivity contribution in [3.05, 3.63) is 0 Å². The van der Waals surface area contributed by atoms with E-state index in [9.17, 15) is 0 Å². The van der Waals surface area contributed by atoms with Crippen LogP contribution in [0.2, 0.25) is 39.3 Å². The topological polar surface area (TPSA) is 43.3 Å². The van der Waals surface area contributed by atoms with Crippen LogP contribution in [0.1, 0.15) is 51.4 Å². The molecule has 1 saturated heterocycles. The number of hydrogen-bond donors (Lipinski definition) is 0. The molecule has 0 bridgehead atoms. The first-order valence-corrected chi connectivity index (χ1v) is 19.0. The predicted molar refractivity (Wildman–Crippen MR) is 132 cm³/mol. The molecule has 0 aromatic carbocycles. The van der Waals surface area contributed by atoms with Crippen molar-refractivity contribution in [3.63, 3.8) is 0 Å². The van der Waals surface area contributed by atoms with Crippen molar-refractivity contribution in [3.8, 4) is 0 Å². The Kier molecular flexibility index (Phi) is 10.5. The largest absolute Gasteiger partial charge is 0.418 e. The highest BCUT2D eigenvalue weighted by molar-refractivity contribution is 6.70. The molecule has 0 aromatic rings. The first kappa shape index (κ1) is 26.0. The fourth-order valence-electron chi connectivity index (χ4n) is 4.67. The smallest absolute Gasteiger partial charge is 0.183 e. The number of nitrogens with zero attached hydrogens (tertiary/aromatic N) is 2. The molecule has 7 heteroatoms. The minimum Gasteiger partial charge on any atom is -0.418 e. The average Bonchev–Trinajstić information content (AvgIpc) is 3.06. The molecule has 1 heterocycles. The fraction of sp³-hybridized carbons (Fsp3) is 0.957. The summed E-state index contributed by atoms with van der Waals surface area (Å²) in [5.74, 6) is 1.17.